The van der Waals surface area contributed by atoms with Crippen LogP contribution in [0.3, 0.4) is 0 Å². The molecule has 0 saturated carbocycles. The van der Waals surface area contributed by atoms with Crippen molar-refractivity contribution >= 4 is 5.97 Å². The lowest BCUT2D eigenvalue weighted by Crippen LogP contribution is -2.03. The van der Waals surface area contributed by atoms with Crippen molar-refractivity contribution < 1.29 is 9.53 Å². The van der Waals surface area contributed by atoms with Gasteiger partial charge in [-0.2, -0.15) is 0 Å². The molecule has 0 aromatic heterocycles. The average molecular weight is 280 g/mol. The lowest BCUT2D eigenvalue weighted by molar-refractivity contribution is -0.142. The van der Waals surface area contributed by atoms with Crippen molar-refractivity contribution in [1.29, 1.82) is 0 Å². The van der Waals surface area contributed by atoms with Crippen LogP contribution in [0.1, 0.15) is 78.1 Å². The molecule has 0 saturated heterocycles. The topological polar surface area (TPSA) is 26.3 Å². The molecule has 2 heteroatoms. The molecule has 0 atom stereocenters. The minimum absolute atomic E-state index is 0.0712. The summed E-state index contributed by atoms with van der Waals surface area (Å²) in [7, 11) is 0. The minimum atomic E-state index is -0.0712. The highest BCUT2D eigenvalue weighted by molar-refractivity contribution is 5.69. The van der Waals surface area contributed by atoms with Gasteiger partial charge >= 0.3 is 5.97 Å². The Balaban J connectivity index is 3.37. The zero-order valence-electron chi connectivity index (χ0n) is 13.4. The Hall–Kier alpha value is -1.05. The third kappa shape index (κ3) is 15.0. The van der Waals surface area contributed by atoms with Gasteiger partial charge in [0.1, 0.15) is 6.61 Å². The molecular weight excluding hydrogens is 248 g/mol. The summed E-state index contributed by atoms with van der Waals surface area (Å²) in [6, 6.07) is 0. The Kier molecular flexibility index (Phi) is 15.2. The van der Waals surface area contributed by atoms with E-state index in [0.29, 0.717) is 13.0 Å². The van der Waals surface area contributed by atoms with E-state index in [-0.39, 0.29) is 5.97 Å². The van der Waals surface area contributed by atoms with Crippen molar-refractivity contribution in [2.24, 2.45) is 0 Å². The standard InChI is InChI=1S/C18H32O2/c1-3-5-7-9-10-11-13-15-17-20-18(19)16-14-12-8-6-4-2/h10-11,13,15H,3-9,12,14,16-17H2,1-2H3/b11-10?,15-13+. The van der Waals surface area contributed by atoms with Crippen LogP contribution < -0.4 is 0 Å². The molecule has 0 N–H and O–H groups in total. The van der Waals surface area contributed by atoms with Gasteiger partial charge in [-0.25, -0.2) is 0 Å². The van der Waals surface area contributed by atoms with Gasteiger partial charge in [-0.05, 0) is 25.3 Å². The summed E-state index contributed by atoms with van der Waals surface area (Å²) in [6.45, 7) is 4.80. The van der Waals surface area contributed by atoms with Crippen molar-refractivity contribution in [1.82, 2.24) is 0 Å². The fourth-order valence-electron chi connectivity index (χ4n) is 1.91. The van der Waals surface area contributed by atoms with Crippen LogP contribution in [0.4, 0.5) is 0 Å². The van der Waals surface area contributed by atoms with Gasteiger partial charge in [-0.15, -0.1) is 0 Å². The van der Waals surface area contributed by atoms with Crippen molar-refractivity contribution in [3.05, 3.63) is 24.3 Å². The first-order chi connectivity index (χ1) is 9.81. The van der Waals surface area contributed by atoms with E-state index < -0.39 is 0 Å². The summed E-state index contributed by atoms with van der Waals surface area (Å²) in [5, 5.41) is 0. The Morgan fingerprint density at radius 1 is 0.850 bits per heavy atom. The van der Waals surface area contributed by atoms with Crippen LogP contribution in [-0.4, -0.2) is 12.6 Å². The van der Waals surface area contributed by atoms with E-state index in [0.717, 1.165) is 19.3 Å². The van der Waals surface area contributed by atoms with Gasteiger partial charge in [0.15, 0.2) is 0 Å². The molecule has 0 bridgehead atoms. The maximum Gasteiger partial charge on any atom is 0.306 e. The first-order valence-corrected chi connectivity index (χ1v) is 8.28. The Morgan fingerprint density at radius 3 is 2.25 bits per heavy atom. The van der Waals surface area contributed by atoms with Gasteiger partial charge in [-0.3, -0.25) is 4.79 Å². The first kappa shape index (κ1) is 18.9. The largest absolute Gasteiger partial charge is 0.461 e. The normalized spacial score (nSPS) is 11.5. The number of hydrogen-bond donors (Lipinski definition) is 0. The molecule has 0 aliphatic carbocycles. The maximum atomic E-state index is 11.4. The number of allylic oxidation sites excluding steroid dienone is 3. The molecule has 0 aromatic carbocycles. The van der Waals surface area contributed by atoms with Crippen LogP contribution in [0, 0.1) is 0 Å². The SMILES string of the molecule is CCCCCC=C/C=C/COC(=O)CCCCCCC. The molecule has 0 aromatic rings. The number of carbonyl (C=O) groups is 1. The molecule has 0 heterocycles. The third-order valence-electron chi connectivity index (χ3n) is 3.18. The minimum Gasteiger partial charge on any atom is -0.461 e. The van der Waals surface area contributed by atoms with Gasteiger partial charge < -0.3 is 4.74 Å². The van der Waals surface area contributed by atoms with Gasteiger partial charge in [-0.1, -0.05) is 70.6 Å². The molecule has 0 fully saturated rings. The second-order valence-corrected chi connectivity index (χ2v) is 5.20. The van der Waals surface area contributed by atoms with E-state index in [1.807, 2.05) is 18.2 Å². The number of esters is 1. The second-order valence-electron chi connectivity index (χ2n) is 5.20. The highest BCUT2D eigenvalue weighted by Gasteiger charge is 2.00. The molecular formula is C18H32O2. The van der Waals surface area contributed by atoms with Crippen LogP contribution in [0.15, 0.2) is 24.3 Å². The smallest absolute Gasteiger partial charge is 0.306 e. The van der Waals surface area contributed by atoms with E-state index in [1.54, 1.807) is 0 Å². The summed E-state index contributed by atoms with van der Waals surface area (Å²) in [5.74, 6) is -0.0712. The van der Waals surface area contributed by atoms with Crippen LogP contribution >= 0.6 is 0 Å². The van der Waals surface area contributed by atoms with E-state index in [2.05, 4.69) is 19.9 Å². The zero-order valence-corrected chi connectivity index (χ0v) is 13.4. The van der Waals surface area contributed by atoms with Crippen molar-refractivity contribution in [2.45, 2.75) is 78.1 Å². The quantitative estimate of drug-likeness (QED) is 0.250. The summed E-state index contributed by atoms with van der Waals surface area (Å²) in [5.41, 5.74) is 0. The fraction of sp³-hybridized carbons (Fsp3) is 0.722. The molecule has 2 nitrogen and oxygen atoms in total. The van der Waals surface area contributed by atoms with E-state index in [9.17, 15) is 4.79 Å². The number of carbonyl (C=O) groups excluding carboxylic acids is 1. The Bertz CT molecular complexity index is 267. The highest BCUT2D eigenvalue weighted by atomic mass is 16.5. The van der Waals surface area contributed by atoms with Crippen molar-refractivity contribution in [3.8, 4) is 0 Å². The lowest BCUT2D eigenvalue weighted by Gasteiger charge is -2.01. The van der Waals surface area contributed by atoms with Gasteiger partial charge in [0.05, 0.1) is 0 Å². The Morgan fingerprint density at radius 2 is 1.50 bits per heavy atom. The summed E-state index contributed by atoms with van der Waals surface area (Å²) < 4.78 is 5.13. The number of hydrogen-bond acceptors (Lipinski definition) is 2. The van der Waals surface area contributed by atoms with Crippen LogP contribution in [0.25, 0.3) is 0 Å². The van der Waals surface area contributed by atoms with Gasteiger partial charge in [0, 0.05) is 6.42 Å². The predicted octanol–water partition coefficient (Wildman–Crippen LogP) is 5.58. The monoisotopic (exact) mass is 280 g/mol. The molecule has 20 heavy (non-hydrogen) atoms. The molecule has 0 aliphatic heterocycles. The van der Waals surface area contributed by atoms with Crippen LogP contribution in [0.5, 0.6) is 0 Å². The molecule has 0 amide bonds. The second kappa shape index (κ2) is 16.0. The van der Waals surface area contributed by atoms with Gasteiger partial charge in [0.2, 0.25) is 0 Å². The lowest BCUT2D eigenvalue weighted by atomic mass is 10.1. The maximum absolute atomic E-state index is 11.4. The van der Waals surface area contributed by atoms with Crippen LogP contribution in [0.2, 0.25) is 0 Å². The van der Waals surface area contributed by atoms with Crippen molar-refractivity contribution in [2.75, 3.05) is 6.61 Å². The first-order valence-electron chi connectivity index (χ1n) is 8.28. The average Bonchev–Trinajstić information content (AvgIpc) is 2.45. The molecule has 0 aliphatic rings. The number of ether oxygens (including phenoxy) is 1. The van der Waals surface area contributed by atoms with E-state index in [1.165, 1.54) is 38.5 Å². The van der Waals surface area contributed by atoms with Gasteiger partial charge in [0.25, 0.3) is 0 Å². The summed E-state index contributed by atoms with van der Waals surface area (Å²) in [6.07, 6.45) is 19.4. The molecule has 0 radical (unpaired) electrons. The zero-order chi connectivity index (χ0) is 14.9. The molecule has 0 rings (SSSR count). The summed E-state index contributed by atoms with van der Waals surface area (Å²) >= 11 is 0. The van der Waals surface area contributed by atoms with Crippen LogP contribution in [-0.2, 0) is 9.53 Å². The molecule has 0 unspecified atom stereocenters. The molecule has 0 spiro atoms. The molecule has 116 valence electrons. The number of unbranched alkanes of at least 4 members (excludes halogenated alkanes) is 7. The number of rotatable bonds is 13. The van der Waals surface area contributed by atoms with E-state index >= 15 is 0 Å². The van der Waals surface area contributed by atoms with E-state index in [4.69, 9.17) is 4.74 Å². The highest BCUT2D eigenvalue weighted by Crippen LogP contribution is 2.05. The fourth-order valence-corrected chi connectivity index (χ4v) is 1.91. The summed E-state index contributed by atoms with van der Waals surface area (Å²) in [4.78, 5) is 11.4. The third-order valence-corrected chi connectivity index (χ3v) is 3.18. The van der Waals surface area contributed by atoms with Crippen molar-refractivity contribution in [3.63, 3.8) is 0 Å². The predicted molar refractivity (Wildman–Crippen MR) is 86.8 cm³/mol. The Labute approximate surface area is 125 Å².